The molecule has 0 amide bonds. The van der Waals surface area contributed by atoms with Gasteiger partial charge in [0.15, 0.2) is 0 Å². The molecule has 0 aliphatic carbocycles. The summed E-state index contributed by atoms with van der Waals surface area (Å²) in [5.41, 5.74) is 2.43. The molecule has 0 saturated carbocycles. The monoisotopic (exact) mass is 135 g/mol. The minimum Gasteiger partial charge on any atom is -0.374 e. The zero-order valence-corrected chi connectivity index (χ0v) is 6.13. The van der Waals surface area contributed by atoms with Gasteiger partial charge in [0.2, 0.25) is 0 Å². The van der Waals surface area contributed by atoms with E-state index in [1.165, 1.54) is 11.1 Å². The first-order valence-electron chi connectivity index (χ1n) is 3.25. The van der Waals surface area contributed by atoms with Gasteiger partial charge in [0, 0.05) is 0 Å². The molecule has 0 fully saturated rings. The van der Waals surface area contributed by atoms with Crippen LogP contribution < -0.4 is 0 Å². The summed E-state index contributed by atoms with van der Waals surface area (Å²) >= 11 is 0. The fourth-order valence-corrected chi connectivity index (χ4v) is 0.920. The zero-order chi connectivity index (χ0) is 7.40. The molecule has 1 radical (unpaired) electrons. The molecule has 1 aromatic carbocycles. The molecule has 0 N–H and O–H groups in total. The Bertz CT molecular complexity index is 206. The lowest BCUT2D eigenvalue weighted by molar-refractivity contribution is 0.229. The van der Waals surface area contributed by atoms with Gasteiger partial charge in [-0.1, -0.05) is 29.8 Å². The van der Waals surface area contributed by atoms with E-state index < -0.39 is 0 Å². The van der Waals surface area contributed by atoms with Gasteiger partial charge in [-0.25, -0.2) is 0 Å². The SMILES string of the molecule is [CH2]OCc1cccc(C)c1. The second kappa shape index (κ2) is 3.37. The van der Waals surface area contributed by atoms with Crippen LogP contribution in [0.15, 0.2) is 24.3 Å². The van der Waals surface area contributed by atoms with Crippen LogP contribution in [0.25, 0.3) is 0 Å². The first-order chi connectivity index (χ1) is 4.83. The van der Waals surface area contributed by atoms with E-state index in [2.05, 4.69) is 26.2 Å². The average molecular weight is 135 g/mol. The number of ether oxygens (including phenoxy) is 1. The maximum Gasteiger partial charge on any atom is 0.0718 e. The van der Waals surface area contributed by atoms with Crippen LogP contribution in [0.1, 0.15) is 11.1 Å². The van der Waals surface area contributed by atoms with E-state index in [0.29, 0.717) is 6.61 Å². The molecule has 0 saturated heterocycles. The van der Waals surface area contributed by atoms with Crippen molar-refractivity contribution >= 4 is 0 Å². The Labute approximate surface area is 61.6 Å². The van der Waals surface area contributed by atoms with E-state index in [9.17, 15) is 0 Å². The predicted octanol–water partition coefficient (Wildman–Crippen LogP) is 2.30. The normalized spacial score (nSPS) is 9.80. The summed E-state index contributed by atoms with van der Waals surface area (Å²) in [6.45, 7) is 2.66. The Balaban J connectivity index is 2.75. The Morgan fingerprint density at radius 3 is 2.90 bits per heavy atom. The minimum absolute atomic E-state index is 0.599. The van der Waals surface area contributed by atoms with E-state index in [-0.39, 0.29) is 0 Å². The highest BCUT2D eigenvalue weighted by atomic mass is 16.5. The highest BCUT2D eigenvalue weighted by Gasteiger charge is 1.89. The summed E-state index contributed by atoms with van der Waals surface area (Å²) in [6, 6.07) is 8.19. The Kier molecular flexibility index (Phi) is 2.46. The van der Waals surface area contributed by atoms with Crippen molar-refractivity contribution in [3.8, 4) is 0 Å². The van der Waals surface area contributed by atoms with Crippen molar-refractivity contribution in [2.75, 3.05) is 0 Å². The second-order valence-electron chi connectivity index (χ2n) is 2.34. The van der Waals surface area contributed by atoms with Gasteiger partial charge in [-0.3, -0.25) is 0 Å². The lowest BCUT2D eigenvalue weighted by Crippen LogP contribution is -1.85. The van der Waals surface area contributed by atoms with E-state index in [1.54, 1.807) is 0 Å². The lowest BCUT2D eigenvalue weighted by atomic mass is 10.1. The topological polar surface area (TPSA) is 9.23 Å². The van der Waals surface area contributed by atoms with Crippen molar-refractivity contribution in [3.63, 3.8) is 0 Å². The Morgan fingerprint density at radius 2 is 2.30 bits per heavy atom. The van der Waals surface area contributed by atoms with Crippen molar-refractivity contribution in [3.05, 3.63) is 42.5 Å². The van der Waals surface area contributed by atoms with Crippen LogP contribution in [0.3, 0.4) is 0 Å². The van der Waals surface area contributed by atoms with Crippen LogP contribution in [-0.4, -0.2) is 0 Å². The van der Waals surface area contributed by atoms with E-state index >= 15 is 0 Å². The van der Waals surface area contributed by atoms with Crippen molar-refractivity contribution in [1.82, 2.24) is 0 Å². The highest BCUT2D eigenvalue weighted by Crippen LogP contribution is 2.04. The summed E-state index contributed by atoms with van der Waals surface area (Å²) in [5, 5.41) is 0. The van der Waals surface area contributed by atoms with Gasteiger partial charge >= 0.3 is 0 Å². The summed E-state index contributed by atoms with van der Waals surface area (Å²) in [6.07, 6.45) is 0. The quantitative estimate of drug-likeness (QED) is 0.604. The number of hydrogen-bond donors (Lipinski definition) is 0. The van der Waals surface area contributed by atoms with Crippen LogP contribution in [0.4, 0.5) is 0 Å². The largest absolute Gasteiger partial charge is 0.374 e. The van der Waals surface area contributed by atoms with Gasteiger partial charge in [0.1, 0.15) is 0 Å². The first-order valence-corrected chi connectivity index (χ1v) is 3.25. The maximum absolute atomic E-state index is 4.73. The third-order valence-corrected chi connectivity index (χ3v) is 1.35. The van der Waals surface area contributed by atoms with Gasteiger partial charge < -0.3 is 4.74 Å². The van der Waals surface area contributed by atoms with E-state index in [0.717, 1.165) is 0 Å². The third kappa shape index (κ3) is 1.85. The number of aryl methyl sites for hydroxylation is 1. The van der Waals surface area contributed by atoms with Gasteiger partial charge in [0.25, 0.3) is 0 Å². The molecular weight excluding hydrogens is 124 g/mol. The van der Waals surface area contributed by atoms with Crippen LogP contribution in [0.2, 0.25) is 0 Å². The van der Waals surface area contributed by atoms with Crippen LogP contribution in [0.5, 0.6) is 0 Å². The molecule has 1 nitrogen and oxygen atoms in total. The van der Waals surface area contributed by atoms with E-state index in [4.69, 9.17) is 4.74 Å². The smallest absolute Gasteiger partial charge is 0.0718 e. The minimum atomic E-state index is 0.599. The van der Waals surface area contributed by atoms with E-state index in [1.807, 2.05) is 12.1 Å². The van der Waals surface area contributed by atoms with Gasteiger partial charge in [0.05, 0.1) is 13.7 Å². The molecule has 0 aromatic heterocycles. The van der Waals surface area contributed by atoms with Crippen LogP contribution in [-0.2, 0) is 11.3 Å². The van der Waals surface area contributed by atoms with Gasteiger partial charge in [-0.15, -0.1) is 0 Å². The molecule has 1 rings (SSSR count). The van der Waals surface area contributed by atoms with Crippen LogP contribution >= 0.6 is 0 Å². The molecule has 0 aliphatic rings. The number of hydrogen-bond acceptors (Lipinski definition) is 1. The van der Waals surface area contributed by atoms with Crippen molar-refractivity contribution in [1.29, 1.82) is 0 Å². The van der Waals surface area contributed by atoms with Gasteiger partial charge in [-0.2, -0.15) is 0 Å². The molecule has 0 spiro atoms. The maximum atomic E-state index is 4.73. The van der Waals surface area contributed by atoms with Crippen molar-refractivity contribution in [2.45, 2.75) is 13.5 Å². The first kappa shape index (κ1) is 7.29. The second-order valence-corrected chi connectivity index (χ2v) is 2.34. The van der Waals surface area contributed by atoms with Crippen molar-refractivity contribution < 1.29 is 4.74 Å². The molecular formula is C9H11O. The molecule has 0 heterocycles. The summed E-state index contributed by atoms with van der Waals surface area (Å²) in [7, 11) is 3.31. The standard InChI is InChI=1S/C9H11O/c1-8-4-3-5-9(6-8)7-10-2/h3-6H,2,7H2,1H3. The molecule has 0 aliphatic heterocycles. The molecule has 10 heavy (non-hydrogen) atoms. The fraction of sp³-hybridized carbons (Fsp3) is 0.222. The molecule has 0 unspecified atom stereocenters. The summed E-state index contributed by atoms with van der Waals surface area (Å²) in [5.74, 6) is 0. The average Bonchev–Trinajstić information content (AvgIpc) is 1.88. The van der Waals surface area contributed by atoms with Crippen LogP contribution in [0, 0.1) is 14.0 Å². The summed E-state index contributed by atoms with van der Waals surface area (Å²) < 4.78 is 4.73. The number of rotatable bonds is 2. The fourth-order valence-electron chi connectivity index (χ4n) is 0.920. The lowest BCUT2D eigenvalue weighted by Gasteiger charge is -1.98. The highest BCUT2D eigenvalue weighted by molar-refractivity contribution is 5.21. The molecule has 0 atom stereocenters. The predicted molar refractivity (Wildman–Crippen MR) is 41.3 cm³/mol. The van der Waals surface area contributed by atoms with Crippen molar-refractivity contribution in [2.24, 2.45) is 0 Å². The summed E-state index contributed by atoms with van der Waals surface area (Å²) in [4.78, 5) is 0. The molecule has 1 heteroatoms. The van der Waals surface area contributed by atoms with Gasteiger partial charge in [-0.05, 0) is 12.5 Å². The molecule has 53 valence electrons. The zero-order valence-electron chi connectivity index (χ0n) is 6.13. The molecule has 0 bridgehead atoms. The molecule has 1 aromatic rings. The Morgan fingerprint density at radius 1 is 1.50 bits per heavy atom. The Hall–Kier alpha value is -0.820. The third-order valence-electron chi connectivity index (χ3n) is 1.35. The number of benzene rings is 1.